The molecule has 0 saturated heterocycles. The van der Waals surface area contributed by atoms with Crippen molar-refractivity contribution in [2.24, 2.45) is 7.05 Å². The minimum Gasteiger partial charge on any atom is -0.489 e. The maximum atomic E-state index is 15.1. The number of ether oxygens (including phenoxy) is 1. The number of rotatable bonds is 8. The maximum absolute atomic E-state index is 15.1. The van der Waals surface area contributed by atoms with Gasteiger partial charge in [0.25, 0.3) is 0 Å². The van der Waals surface area contributed by atoms with Gasteiger partial charge in [0.2, 0.25) is 5.82 Å². The van der Waals surface area contributed by atoms with Crippen molar-refractivity contribution >= 4 is 10.9 Å². The molecule has 1 aliphatic carbocycles. The predicted molar refractivity (Wildman–Crippen MR) is 140 cm³/mol. The molecule has 2 aromatic carbocycles. The molecule has 0 amide bonds. The number of hydrogen-bond acceptors (Lipinski definition) is 5. The first-order valence-corrected chi connectivity index (χ1v) is 12.9. The van der Waals surface area contributed by atoms with E-state index in [1.807, 2.05) is 6.92 Å². The number of alkyl halides is 3. The molecule has 2 N–H and O–H groups in total. The first-order valence-electron chi connectivity index (χ1n) is 12.9. The van der Waals surface area contributed by atoms with Crippen molar-refractivity contribution < 1.29 is 31.8 Å². The molecule has 40 heavy (non-hydrogen) atoms. The molecule has 1 aliphatic rings. The predicted octanol–water partition coefficient (Wildman–Crippen LogP) is 5.95. The molecule has 0 radical (unpaired) electrons. The molecule has 0 aliphatic heterocycles. The smallest absolute Gasteiger partial charge is 0.433 e. The summed E-state index contributed by atoms with van der Waals surface area (Å²) in [4.78, 5) is 3.76. The second kappa shape index (κ2) is 10.4. The van der Waals surface area contributed by atoms with Gasteiger partial charge in [-0.15, -0.1) is 0 Å². The average Bonchev–Trinajstić information content (AvgIpc) is 3.18. The van der Waals surface area contributed by atoms with Gasteiger partial charge in [-0.1, -0.05) is 6.07 Å². The van der Waals surface area contributed by atoms with Crippen LogP contribution in [-0.2, 0) is 31.8 Å². The van der Waals surface area contributed by atoms with Crippen molar-refractivity contribution in [3.63, 3.8) is 0 Å². The van der Waals surface area contributed by atoms with Crippen LogP contribution in [-0.4, -0.2) is 33.5 Å². The molecule has 0 unspecified atom stereocenters. The van der Waals surface area contributed by atoms with Crippen LogP contribution in [0.15, 0.2) is 36.4 Å². The molecule has 1 saturated carbocycles. The maximum Gasteiger partial charge on any atom is 0.433 e. The lowest BCUT2D eigenvalue weighted by atomic mass is 9.76. The van der Waals surface area contributed by atoms with Crippen LogP contribution in [0.1, 0.15) is 47.5 Å². The second-order valence-corrected chi connectivity index (χ2v) is 10.2. The highest BCUT2D eigenvalue weighted by molar-refractivity contribution is 5.88. The van der Waals surface area contributed by atoms with Crippen LogP contribution in [0, 0.1) is 18.6 Å². The molecule has 2 aromatic heterocycles. The summed E-state index contributed by atoms with van der Waals surface area (Å²) in [5.41, 5.74) is 1.40. The fraction of sp³-hybridized carbons (Fsp3) is 0.379. The summed E-state index contributed by atoms with van der Waals surface area (Å²) >= 11 is 0. The monoisotopic (exact) mass is 560 g/mol. The highest BCUT2D eigenvalue weighted by Gasteiger charge is 2.41. The molecule has 6 nitrogen and oxygen atoms in total. The third kappa shape index (κ3) is 5.03. The van der Waals surface area contributed by atoms with E-state index < -0.39 is 29.1 Å². The number of aromatic nitrogens is 3. The normalized spacial score (nSPS) is 14.9. The van der Waals surface area contributed by atoms with Gasteiger partial charge in [-0.05, 0) is 74.7 Å². The molecule has 212 valence electrons. The summed E-state index contributed by atoms with van der Waals surface area (Å²) in [6, 6.07) is 7.88. The van der Waals surface area contributed by atoms with E-state index in [0.717, 1.165) is 29.8 Å². The number of nitrogens with one attached hydrogen (secondary N) is 1. The van der Waals surface area contributed by atoms with Crippen LogP contribution in [0.3, 0.4) is 0 Å². The van der Waals surface area contributed by atoms with Gasteiger partial charge < -0.3 is 15.2 Å². The molecule has 0 spiro atoms. The number of aliphatic hydroxyl groups is 1. The van der Waals surface area contributed by atoms with Crippen molar-refractivity contribution in [3.8, 4) is 16.9 Å². The summed E-state index contributed by atoms with van der Waals surface area (Å²) in [6.07, 6.45) is -2.19. The van der Waals surface area contributed by atoms with Crippen LogP contribution < -0.4 is 10.1 Å². The number of nitrogens with zero attached hydrogens (tertiary/aromatic N) is 3. The Morgan fingerprint density at radius 3 is 2.52 bits per heavy atom. The highest BCUT2D eigenvalue weighted by atomic mass is 19.4. The quantitative estimate of drug-likeness (QED) is 0.261. The van der Waals surface area contributed by atoms with E-state index in [0.29, 0.717) is 41.5 Å². The number of pyridine rings is 1. The number of aryl methyl sites for hydroxylation is 1. The fourth-order valence-corrected chi connectivity index (χ4v) is 5.17. The zero-order valence-corrected chi connectivity index (χ0v) is 22.3. The summed E-state index contributed by atoms with van der Waals surface area (Å²) < 4.78 is 77.1. The van der Waals surface area contributed by atoms with E-state index in [-0.39, 0.29) is 30.0 Å². The molecule has 4 aromatic rings. The largest absolute Gasteiger partial charge is 0.489 e. The molecule has 2 heterocycles. The van der Waals surface area contributed by atoms with Crippen molar-refractivity contribution in [3.05, 3.63) is 76.2 Å². The first-order chi connectivity index (χ1) is 18.9. The number of hydrogen-bond donors (Lipinski definition) is 2. The van der Waals surface area contributed by atoms with Gasteiger partial charge in [0.05, 0.1) is 17.8 Å². The number of benzene rings is 2. The Kier molecular flexibility index (Phi) is 7.30. The van der Waals surface area contributed by atoms with Gasteiger partial charge in [-0.3, -0.25) is 4.68 Å². The first kappa shape index (κ1) is 28.0. The highest BCUT2D eigenvalue weighted by Crippen LogP contribution is 2.43. The number of fused-ring (bicyclic) bond motifs is 1. The molecular weight excluding hydrogens is 531 g/mol. The zero-order chi connectivity index (χ0) is 28.8. The van der Waals surface area contributed by atoms with Crippen LogP contribution in [0.5, 0.6) is 5.75 Å². The van der Waals surface area contributed by atoms with E-state index in [1.54, 1.807) is 24.8 Å². The third-order valence-corrected chi connectivity index (χ3v) is 7.59. The zero-order valence-electron chi connectivity index (χ0n) is 22.3. The Labute approximate surface area is 227 Å². The van der Waals surface area contributed by atoms with E-state index in [1.165, 1.54) is 18.2 Å². The summed E-state index contributed by atoms with van der Waals surface area (Å²) in [6.45, 7) is 2.00. The van der Waals surface area contributed by atoms with Gasteiger partial charge in [0, 0.05) is 42.2 Å². The van der Waals surface area contributed by atoms with E-state index in [9.17, 15) is 22.7 Å². The Morgan fingerprint density at radius 1 is 1.12 bits per heavy atom. The van der Waals surface area contributed by atoms with E-state index in [4.69, 9.17) is 4.74 Å². The topological polar surface area (TPSA) is 72.2 Å². The summed E-state index contributed by atoms with van der Waals surface area (Å²) in [7, 11) is 3.40. The lowest BCUT2D eigenvalue weighted by Crippen LogP contribution is -2.35. The average molecular weight is 561 g/mol. The standard InChI is InChI=1S/C29H29F5N4O2/c1-16-19(27(37-38(16)3)28(39)10-4-11-28)9-12-40-26-20(6-7-22(30)25(26)31)17-5-8-23-21(13-17)18(15-35-2)14-24(36-23)29(32,33)34/h5-8,13-14,35,39H,4,9-12,15H2,1-3H3. The van der Waals surface area contributed by atoms with Crippen molar-refractivity contribution in [1.29, 1.82) is 0 Å². The number of halogens is 5. The molecule has 1 fully saturated rings. The van der Waals surface area contributed by atoms with Gasteiger partial charge >= 0.3 is 6.18 Å². The van der Waals surface area contributed by atoms with Crippen molar-refractivity contribution in [1.82, 2.24) is 20.1 Å². The van der Waals surface area contributed by atoms with Gasteiger partial charge in [0.1, 0.15) is 11.3 Å². The molecule has 0 atom stereocenters. The van der Waals surface area contributed by atoms with Gasteiger partial charge in [-0.2, -0.15) is 22.7 Å². The van der Waals surface area contributed by atoms with Crippen LogP contribution in [0.25, 0.3) is 22.0 Å². The Hall–Kier alpha value is -3.57. The van der Waals surface area contributed by atoms with Crippen LogP contribution in [0.2, 0.25) is 0 Å². The molecular formula is C29H29F5N4O2. The fourth-order valence-electron chi connectivity index (χ4n) is 5.17. The minimum atomic E-state index is -4.61. The summed E-state index contributed by atoms with van der Waals surface area (Å²) in [5.74, 6) is -2.56. The van der Waals surface area contributed by atoms with Crippen molar-refractivity contribution in [2.45, 2.75) is 50.9 Å². The Balaban J connectivity index is 1.49. The summed E-state index contributed by atoms with van der Waals surface area (Å²) in [5, 5.41) is 18.7. The minimum absolute atomic E-state index is 0.0158. The van der Waals surface area contributed by atoms with Gasteiger partial charge in [-0.25, -0.2) is 9.37 Å². The Bertz CT molecular complexity index is 1580. The lowest BCUT2D eigenvalue weighted by Gasteiger charge is -2.35. The van der Waals surface area contributed by atoms with Gasteiger partial charge in [0.15, 0.2) is 11.6 Å². The molecule has 0 bridgehead atoms. The van der Waals surface area contributed by atoms with E-state index >= 15 is 4.39 Å². The van der Waals surface area contributed by atoms with Crippen molar-refractivity contribution in [2.75, 3.05) is 13.7 Å². The lowest BCUT2D eigenvalue weighted by molar-refractivity contribution is -0.141. The second-order valence-electron chi connectivity index (χ2n) is 10.2. The molecule has 5 rings (SSSR count). The SMILES string of the molecule is CNCc1cc(C(F)(F)F)nc2ccc(-c3ccc(F)c(F)c3OCCc3c(C4(O)CCC4)nn(C)c3C)cc12. The Morgan fingerprint density at radius 2 is 1.88 bits per heavy atom. The van der Waals surface area contributed by atoms with E-state index in [2.05, 4.69) is 15.4 Å². The van der Waals surface area contributed by atoms with Crippen LogP contribution >= 0.6 is 0 Å². The third-order valence-electron chi connectivity index (χ3n) is 7.59. The molecule has 11 heteroatoms. The van der Waals surface area contributed by atoms with Crippen LogP contribution in [0.4, 0.5) is 22.0 Å².